The summed E-state index contributed by atoms with van der Waals surface area (Å²) in [6.45, 7) is 0.518. The van der Waals surface area contributed by atoms with Gasteiger partial charge >= 0.3 is 0 Å². The van der Waals surface area contributed by atoms with Crippen LogP contribution in [0.1, 0.15) is 0 Å². The minimum Gasteiger partial charge on any atom is -0.484 e. The molecule has 0 bridgehead atoms. The molecule has 108 valence electrons. The highest BCUT2D eigenvalue weighted by atomic mass is 16.5. The van der Waals surface area contributed by atoms with Crippen molar-refractivity contribution in [2.24, 2.45) is 4.99 Å². The van der Waals surface area contributed by atoms with Gasteiger partial charge in [0.15, 0.2) is 12.4 Å². The van der Waals surface area contributed by atoms with Crippen molar-refractivity contribution in [2.45, 2.75) is 0 Å². The van der Waals surface area contributed by atoms with Crippen molar-refractivity contribution in [3.63, 3.8) is 0 Å². The number of benzene rings is 1. The number of nitrogens with zero attached hydrogens (tertiary/aromatic N) is 3. The molecule has 0 saturated carbocycles. The molecular formula is C15H15N3O3. The van der Waals surface area contributed by atoms with Crippen LogP contribution in [0, 0.1) is 0 Å². The quantitative estimate of drug-likeness (QED) is 0.845. The lowest BCUT2D eigenvalue weighted by Crippen LogP contribution is -2.38. The second kappa shape index (κ2) is 5.70. The van der Waals surface area contributed by atoms with Crippen molar-refractivity contribution < 1.29 is 14.3 Å². The molecule has 0 saturated heterocycles. The van der Waals surface area contributed by atoms with Crippen molar-refractivity contribution in [1.29, 1.82) is 0 Å². The fourth-order valence-electron chi connectivity index (χ4n) is 1.98. The number of hydrogen-bond acceptors (Lipinski definition) is 5. The molecule has 6 nitrogen and oxygen atoms in total. The first-order valence-electron chi connectivity index (χ1n) is 6.55. The average molecular weight is 285 g/mol. The largest absolute Gasteiger partial charge is 0.484 e. The maximum absolute atomic E-state index is 12.1. The third-order valence-corrected chi connectivity index (χ3v) is 3.21. The van der Waals surface area contributed by atoms with Gasteiger partial charge < -0.3 is 14.4 Å². The molecule has 2 aliphatic rings. The standard InChI is InChI=1S/C15H15N3O3/c1-17(13-9-18-7-8-20-10-14(18)16-13)15(19)11-21-12-5-3-2-4-6-12/h2-8,10H,9,11H2,1H3. The minimum absolute atomic E-state index is 0.0229. The van der Waals surface area contributed by atoms with Gasteiger partial charge in [-0.25, -0.2) is 4.99 Å². The Bertz CT molecular complexity index is 622. The maximum Gasteiger partial charge on any atom is 0.265 e. The lowest BCUT2D eigenvalue weighted by molar-refractivity contribution is -0.128. The first-order valence-corrected chi connectivity index (χ1v) is 6.55. The van der Waals surface area contributed by atoms with Gasteiger partial charge in [0.2, 0.25) is 0 Å². The summed E-state index contributed by atoms with van der Waals surface area (Å²) in [5.41, 5.74) is 0. The van der Waals surface area contributed by atoms with E-state index in [1.165, 1.54) is 4.90 Å². The third-order valence-electron chi connectivity index (χ3n) is 3.21. The van der Waals surface area contributed by atoms with E-state index in [1.54, 1.807) is 25.8 Å². The molecule has 0 unspecified atom stereocenters. The van der Waals surface area contributed by atoms with Crippen molar-refractivity contribution >= 4 is 11.7 Å². The molecule has 0 spiro atoms. The molecule has 3 rings (SSSR count). The number of amides is 1. The number of likely N-dealkylation sites (N-methyl/N-ethyl adjacent to an activating group) is 1. The van der Waals surface area contributed by atoms with Gasteiger partial charge in [0.25, 0.3) is 5.91 Å². The molecule has 0 atom stereocenters. The highest BCUT2D eigenvalue weighted by molar-refractivity contribution is 6.01. The van der Waals surface area contributed by atoms with Crippen molar-refractivity contribution in [3.8, 4) is 5.75 Å². The smallest absolute Gasteiger partial charge is 0.265 e. The monoisotopic (exact) mass is 285 g/mol. The number of rotatable bonds is 3. The van der Waals surface area contributed by atoms with Crippen LogP contribution in [0.15, 0.2) is 59.9 Å². The van der Waals surface area contributed by atoms with E-state index in [0.29, 0.717) is 24.0 Å². The fraction of sp³-hybridized carbons (Fsp3) is 0.200. The van der Waals surface area contributed by atoms with Crippen LogP contribution in [0.4, 0.5) is 0 Å². The molecular weight excluding hydrogens is 270 g/mol. The fourth-order valence-corrected chi connectivity index (χ4v) is 1.98. The van der Waals surface area contributed by atoms with Crippen molar-refractivity contribution in [1.82, 2.24) is 9.80 Å². The van der Waals surface area contributed by atoms with E-state index >= 15 is 0 Å². The lowest BCUT2D eigenvalue weighted by Gasteiger charge is -2.19. The average Bonchev–Trinajstić information content (AvgIpc) is 2.97. The van der Waals surface area contributed by atoms with Gasteiger partial charge in [0.1, 0.15) is 24.1 Å². The molecule has 0 radical (unpaired) electrons. The van der Waals surface area contributed by atoms with Gasteiger partial charge in [-0.1, -0.05) is 18.2 Å². The van der Waals surface area contributed by atoms with E-state index < -0.39 is 0 Å². The van der Waals surface area contributed by atoms with Crippen molar-refractivity contribution in [2.75, 3.05) is 20.2 Å². The van der Waals surface area contributed by atoms with Crippen LogP contribution in [0.5, 0.6) is 5.75 Å². The topological polar surface area (TPSA) is 54.4 Å². The molecule has 1 aromatic rings. The summed E-state index contributed by atoms with van der Waals surface area (Å²) in [6, 6.07) is 9.25. The van der Waals surface area contributed by atoms with E-state index in [2.05, 4.69) is 4.99 Å². The highest BCUT2D eigenvalue weighted by Crippen LogP contribution is 2.19. The Morgan fingerprint density at radius 3 is 3.00 bits per heavy atom. The SMILES string of the molecule is CN(C(=O)COc1ccccc1)C1=NC2=COC=CN2C1. The second-order valence-corrected chi connectivity index (χ2v) is 4.61. The highest BCUT2D eigenvalue weighted by Gasteiger charge is 2.26. The first-order chi connectivity index (χ1) is 10.2. The first kappa shape index (κ1) is 13.2. The van der Waals surface area contributed by atoms with Gasteiger partial charge in [0.05, 0.1) is 6.54 Å². The summed E-state index contributed by atoms with van der Waals surface area (Å²) in [6.07, 6.45) is 4.90. The Labute approximate surface area is 122 Å². The Balaban J connectivity index is 1.59. The van der Waals surface area contributed by atoms with E-state index in [4.69, 9.17) is 9.47 Å². The van der Waals surface area contributed by atoms with E-state index in [1.807, 2.05) is 35.2 Å². The normalized spacial score (nSPS) is 15.8. The molecule has 1 aromatic carbocycles. The summed E-state index contributed by atoms with van der Waals surface area (Å²) in [4.78, 5) is 19.9. The summed E-state index contributed by atoms with van der Waals surface area (Å²) in [5, 5.41) is 0. The number of hydrogen-bond donors (Lipinski definition) is 0. The summed E-state index contributed by atoms with van der Waals surface area (Å²) in [5.74, 6) is 1.88. The maximum atomic E-state index is 12.1. The number of fused-ring (bicyclic) bond motifs is 1. The molecule has 0 N–H and O–H groups in total. The predicted octanol–water partition coefficient (Wildman–Crippen LogP) is 1.54. The number of para-hydroxylation sites is 1. The van der Waals surface area contributed by atoms with Crippen LogP contribution < -0.4 is 4.74 Å². The lowest BCUT2D eigenvalue weighted by atomic mass is 10.3. The van der Waals surface area contributed by atoms with Crippen LogP contribution in [0.25, 0.3) is 0 Å². The van der Waals surface area contributed by atoms with Gasteiger partial charge in [-0.3, -0.25) is 9.69 Å². The zero-order chi connectivity index (χ0) is 14.7. The molecule has 6 heteroatoms. The van der Waals surface area contributed by atoms with E-state index in [0.717, 1.165) is 0 Å². The van der Waals surface area contributed by atoms with Gasteiger partial charge in [-0.2, -0.15) is 0 Å². The van der Waals surface area contributed by atoms with Crippen LogP contribution >= 0.6 is 0 Å². The zero-order valence-corrected chi connectivity index (χ0v) is 11.6. The Hall–Kier alpha value is -2.76. The van der Waals surface area contributed by atoms with Crippen LogP contribution in [-0.2, 0) is 9.53 Å². The molecule has 21 heavy (non-hydrogen) atoms. The molecule has 2 aliphatic heterocycles. The van der Waals surface area contributed by atoms with E-state index in [-0.39, 0.29) is 12.5 Å². The second-order valence-electron chi connectivity index (χ2n) is 4.61. The summed E-state index contributed by atoms with van der Waals surface area (Å²) >= 11 is 0. The zero-order valence-electron chi connectivity index (χ0n) is 11.6. The van der Waals surface area contributed by atoms with E-state index in [9.17, 15) is 4.79 Å². The molecule has 0 aromatic heterocycles. The van der Waals surface area contributed by atoms with Gasteiger partial charge in [-0.15, -0.1) is 0 Å². The molecule has 0 fully saturated rings. The number of aliphatic imine (C=N–C) groups is 1. The Kier molecular flexibility index (Phi) is 3.59. The Morgan fingerprint density at radius 2 is 2.24 bits per heavy atom. The molecule has 0 aliphatic carbocycles. The third kappa shape index (κ3) is 2.89. The number of ether oxygens (including phenoxy) is 2. The van der Waals surface area contributed by atoms with Crippen LogP contribution in [0.2, 0.25) is 0 Å². The predicted molar refractivity (Wildman–Crippen MR) is 77.2 cm³/mol. The Morgan fingerprint density at radius 1 is 1.43 bits per heavy atom. The minimum atomic E-state index is -0.150. The molecule has 2 heterocycles. The number of carbonyl (C=O) groups is 1. The van der Waals surface area contributed by atoms with Crippen LogP contribution in [0.3, 0.4) is 0 Å². The van der Waals surface area contributed by atoms with Crippen LogP contribution in [-0.4, -0.2) is 41.7 Å². The number of carbonyl (C=O) groups excluding carboxylic acids is 1. The summed E-state index contributed by atoms with van der Waals surface area (Å²) in [7, 11) is 1.69. The summed E-state index contributed by atoms with van der Waals surface area (Å²) < 4.78 is 10.5. The molecule has 1 amide bonds. The van der Waals surface area contributed by atoms with Crippen molar-refractivity contribution in [3.05, 3.63) is 54.9 Å². The number of amidine groups is 1. The van der Waals surface area contributed by atoms with Gasteiger partial charge in [-0.05, 0) is 12.1 Å². The van der Waals surface area contributed by atoms with Gasteiger partial charge in [0, 0.05) is 13.2 Å².